The van der Waals surface area contributed by atoms with Gasteiger partial charge >= 0.3 is 37.9 Å². The predicted molar refractivity (Wildman–Crippen MR) is 141 cm³/mol. The first kappa shape index (κ1) is 28.2. The molecule has 0 amide bonds. The molecule has 6 atom stereocenters. The molecule has 1 aliphatic carbocycles. The summed E-state index contributed by atoms with van der Waals surface area (Å²) in [6, 6.07) is 16.3. The summed E-state index contributed by atoms with van der Waals surface area (Å²) >= 11 is -0.826. The number of hydrogen-bond acceptors (Lipinski definition) is 3. The zero-order chi connectivity index (χ0) is 24.8. The summed E-state index contributed by atoms with van der Waals surface area (Å²) in [4.78, 5) is 4.96. The van der Waals surface area contributed by atoms with Crippen LogP contribution in [0.15, 0.2) is 48.5 Å². The molecule has 2 aromatic rings. The van der Waals surface area contributed by atoms with Crippen LogP contribution in [0.5, 0.6) is 5.75 Å². The third-order valence-electron chi connectivity index (χ3n) is 8.53. The van der Waals surface area contributed by atoms with E-state index < -0.39 is 20.8 Å². The molecule has 6 unspecified atom stereocenters. The fourth-order valence-corrected chi connectivity index (χ4v) is 5.85. The van der Waals surface area contributed by atoms with Gasteiger partial charge in [0.2, 0.25) is 0 Å². The number of phenolic OH excluding ortho intramolecular Hbond substituents is 1. The van der Waals surface area contributed by atoms with Crippen LogP contribution in [0.2, 0.25) is 0 Å². The maximum atomic E-state index is 10.8. The Morgan fingerprint density at radius 1 is 0.824 bits per heavy atom. The van der Waals surface area contributed by atoms with Crippen LogP contribution in [-0.2, 0) is 20.8 Å². The Balaban J connectivity index is 0.000000209. The molecule has 2 aromatic carbocycles. The topological polar surface area (TPSA) is 26.7 Å². The van der Waals surface area contributed by atoms with Crippen molar-refractivity contribution in [3.63, 3.8) is 0 Å². The Hall–Kier alpha value is -0.377. The number of para-hydroxylation sites is 1. The first-order valence-electron chi connectivity index (χ1n) is 12.5. The van der Waals surface area contributed by atoms with E-state index >= 15 is 0 Å². The molecule has 0 spiro atoms. The van der Waals surface area contributed by atoms with Crippen molar-refractivity contribution in [1.82, 2.24) is 9.80 Å². The van der Waals surface area contributed by atoms with Gasteiger partial charge in [-0.25, -0.2) is 0 Å². The molecule has 6 heteroatoms. The summed E-state index contributed by atoms with van der Waals surface area (Å²) in [6.07, 6.45) is 1.48. The van der Waals surface area contributed by atoms with Gasteiger partial charge in [-0.2, -0.15) is 18.8 Å². The molecule has 2 aliphatic heterocycles. The molecular weight excluding hydrogens is 542 g/mol. The Labute approximate surface area is 225 Å². The van der Waals surface area contributed by atoms with Gasteiger partial charge in [-0.1, -0.05) is 88.1 Å². The van der Waals surface area contributed by atoms with E-state index in [4.69, 9.17) is 17.0 Å². The van der Waals surface area contributed by atoms with Crippen molar-refractivity contribution in [2.45, 2.75) is 47.2 Å². The molecule has 3 aliphatic rings. The SMILES string of the molecule is C[C-]1C(C)C(C)C(C)C1C.Oc1c(-c2ccccc2)cccc1C1N2CCCN1CC2.[Cl][Zr+2][Cl]. The van der Waals surface area contributed by atoms with Gasteiger partial charge in [0, 0.05) is 37.3 Å². The molecule has 3 fully saturated rings. The van der Waals surface area contributed by atoms with E-state index in [1.54, 1.807) is 5.92 Å². The molecule has 5 rings (SSSR count). The van der Waals surface area contributed by atoms with Crippen LogP contribution in [0.3, 0.4) is 0 Å². The normalized spacial score (nSPS) is 32.1. The molecule has 34 heavy (non-hydrogen) atoms. The summed E-state index contributed by atoms with van der Waals surface area (Å²) in [7, 11) is 9.87. The van der Waals surface area contributed by atoms with Crippen LogP contribution in [0.4, 0.5) is 0 Å². The Kier molecular flexibility index (Phi) is 11.0. The van der Waals surface area contributed by atoms with Crippen molar-refractivity contribution in [2.75, 3.05) is 26.2 Å². The van der Waals surface area contributed by atoms with Crippen LogP contribution in [0.1, 0.15) is 52.8 Å². The molecule has 2 heterocycles. The van der Waals surface area contributed by atoms with Gasteiger partial charge in [0.15, 0.2) is 0 Å². The quantitative estimate of drug-likeness (QED) is 0.370. The van der Waals surface area contributed by atoms with Crippen molar-refractivity contribution in [2.24, 2.45) is 23.7 Å². The van der Waals surface area contributed by atoms with E-state index in [0.29, 0.717) is 5.75 Å². The second-order valence-electron chi connectivity index (χ2n) is 10.0. The number of nitrogens with zero attached hydrogens (tertiary/aromatic N) is 2. The van der Waals surface area contributed by atoms with Crippen molar-refractivity contribution in [3.05, 3.63) is 60.0 Å². The predicted octanol–water partition coefficient (Wildman–Crippen LogP) is 7.59. The third-order valence-corrected chi connectivity index (χ3v) is 8.53. The second kappa shape index (κ2) is 13.2. The number of rotatable bonds is 2. The summed E-state index contributed by atoms with van der Waals surface area (Å²) in [5.41, 5.74) is 3.05. The van der Waals surface area contributed by atoms with E-state index in [1.807, 2.05) is 24.3 Å². The Morgan fingerprint density at radius 3 is 1.82 bits per heavy atom. The van der Waals surface area contributed by atoms with Gasteiger partial charge in [-0.15, -0.1) is 0 Å². The molecule has 2 bridgehead atoms. The molecule has 1 N–H and O–H groups in total. The zero-order valence-corrected chi connectivity index (χ0v) is 25.1. The number of phenols is 1. The maximum absolute atomic E-state index is 10.8. The average Bonchev–Trinajstić information content (AvgIpc) is 3.18. The number of benzene rings is 2. The standard InChI is InChI=1S/C18H20N2O.C10H19.2ClH.Zr/c21-17-15(14-6-2-1-3-7-14)8-4-9-16(17)18-19-10-5-11-20(18)13-12-19;1-6-7(2)9(4)10(5)8(6)3;;;/h1-4,6-9,18,21H,5,10-13H2;6-9H,1-5H3;2*1H;/q;-1;;;+4/p-2. The molecule has 2 saturated heterocycles. The summed E-state index contributed by atoms with van der Waals surface area (Å²) in [6.45, 7) is 16.3. The van der Waals surface area contributed by atoms with Gasteiger partial charge in [0.25, 0.3) is 0 Å². The number of fused-ring (bicyclic) bond motifs is 2. The Morgan fingerprint density at radius 2 is 1.35 bits per heavy atom. The van der Waals surface area contributed by atoms with E-state index in [9.17, 15) is 5.11 Å². The van der Waals surface area contributed by atoms with E-state index in [2.05, 4.69) is 68.7 Å². The van der Waals surface area contributed by atoms with Gasteiger partial charge in [0.05, 0.1) is 6.17 Å². The molecule has 1 saturated carbocycles. The van der Waals surface area contributed by atoms with Gasteiger partial charge in [0.1, 0.15) is 5.75 Å². The third kappa shape index (κ3) is 6.30. The van der Waals surface area contributed by atoms with Gasteiger partial charge in [-0.05, 0) is 12.0 Å². The first-order chi connectivity index (χ1) is 16.3. The fraction of sp³-hybridized carbons (Fsp3) is 0.536. The molecule has 0 radical (unpaired) electrons. The van der Waals surface area contributed by atoms with Crippen molar-refractivity contribution in [1.29, 1.82) is 0 Å². The van der Waals surface area contributed by atoms with Gasteiger partial charge < -0.3 is 11.0 Å². The minimum atomic E-state index is -0.826. The minimum absolute atomic E-state index is 0.252. The van der Waals surface area contributed by atoms with E-state index in [1.165, 1.54) is 6.42 Å². The van der Waals surface area contributed by atoms with Crippen LogP contribution >= 0.6 is 17.0 Å². The summed E-state index contributed by atoms with van der Waals surface area (Å²) < 4.78 is 0. The van der Waals surface area contributed by atoms with E-state index in [0.717, 1.165) is 66.5 Å². The van der Waals surface area contributed by atoms with Crippen molar-refractivity contribution >= 4 is 17.0 Å². The van der Waals surface area contributed by atoms with Crippen LogP contribution < -0.4 is 0 Å². The number of aromatic hydroxyl groups is 1. The monoisotopic (exact) mass is 579 g/mol. The number of halogens is 2. The summed E-state index contributed by atoms with van der Waals surface area (Å²) in [5, 5.41) is 10.8. The van der Waals surface area contributed by atoms with Crippen molar-refractivity contribution < 1.29 is 26.0 Å². The first-order valence-corrected chi connectivity index (χ1v) is 18.8. The zero-order valence-electron chi connectivity index (χ0n) is 21.1. The average molecular weight is 582 g/mol. The summed E-state index contributed by atoms with van der Waals surface area (Å²) in [5.74, 6) is 5.65. The van der Waals surface area contributed by atoms with Gasteiger partial charge in [-0.3, -0.25) is 9.80 Å². The Bertz CT molecular complexity index is 838. The molecule has 184 valence electrons. The second-order valence-corrected chi connectivity index (χ2v) is 13.8. The number of hydrogen-bond donors (Lipinski definition) is 1. The molecule has 3 nitrogen and oxygen atoms in total. The van der Waals surface area contributed by atoms with Crippen molar-refractivity contribution in [3.8, 4) is 16.9 Å². The van der Waals surface area contributed by atoms with Crippen LogP contribution in [-0.4, -0.2) is 41.1 Å². The van der Waals surface area contributed by atoms with Crippen LogP contribution in [0.25, 0.3) is 11.1 Å². The molecular formula is C28H39Cl2N2OZr+. The molecule has 0 aromatic heterocycles. The fourth-order valence-electron chi connectivity index (χ4n) is 5.85. The van der Waals surface area contributed by atoms with Crippen LogP contribution in [0, 0.1) is 29.6 Å². The van der Waals surface area contributed by atoms with E-state index in [-0.39, 0.29) is 6.17 Å².